The fraction of sp³-hybridized carbons (Fsp3) is 0.692. The van der Waals surface area contributed by atoms with Gasteiger partial charge >= 0.3 is 0 Å². The fourth-order valence-corrected chi connectivity index (χ4v) is 2.18. The van der Waals surface area contributed by atoms with E-state index in [1.165, 1.54) is 6.07 Å². The highest BCUT2D eigenvalue weighted by Gasteiger charge is 2.28. The molecule has 1 unspecified atom stereocenters. The molecular weight excluding hydrogens is 260 g/mol. The summed E-state index contributed by atoms with van der Waals surface area (Å²) in [4.78, 5) is 18.3. The van der Waals surface area contributed by atoms with Crippen molar-refractivity contribution in [2.45, 2.75) is 18.9 Å². The number of hydrogen-bond donors (Lipinski definition) is 4. The average Bonchev–Trinajstić information content (AvgIpc) is 2.59. The van der Waals surface area contributed by atoms with Gasteiger partial charge < -0.3 is 25.5 Å². The van der Waals surface area contributed by atoms with Crippen LogP contribution in [0.25, 0.3) is 0 Å². The van der Waals surface area contributed by atoms with Gasteiger partial charge in [-0.05, 0) is 6.92 Å². The summed E-state index contributed by atoms with van der Waals surface area (Å²) in [7, 11) is 0. The molecule has 0 amide bonds. The quantitative estimate of drug-likeness (QED) is 0.494. The first-order chi connectivity index (χ1) is 9.57. The van der Waals surface area contributed by atoms with Crippen LogP contribution in [0.3, 0.4) is 0 Å². The number of nitrogens with zero attached hydrogens (tertiary/aromatic N) is 1. The van der Waals surface area contributed by atoms with Gasteiger partial charge in [0.1, 0.15) is 11.4 Å². The Bertz CT molecular complexity index is 481. The molecule has 112 valence electrons. The van der Waals surface area contributed by atoms with Crippen molar-refractivity contribution in [2.75, 3.05) is 39.4 Å². The highest BCUT2D eigenvalue weighted by Crippen LogP contribution is 2.05. The van der Waals surface area contributed by atoms with Crippen LogP contribution in [0.1, 0.15) is 11.5 Å². The summed E-state index contributed by atoms with van der Waals surface area (Å²) in [5.74, 6) is 0.657. The number of H-pyrrole nitrogens is 1. The smallest absolute Gasteiger partial charge is 0.251 e. The molecule has 1 aliphatic heterocycles. The molecule has 0 spiro atoms. The predicted molar refractivity (Wildman–Crippen MR) is 74.8 cm³/mol. The van der Waals surface area contributed by atoms with E-state index < -0.39 is 5.60 Å². The van der Waals surface area contributed by atoms with Crippen molar-refractivity contribution in [1.82, 2.24) is 20.6 Å². The van der Waals surface area contributed by atoms with Gasteiger partial charge in [-0.1, -0.05) is 0 Å². The highest BCUT2D eigenvalue weighted by molar-refractivity contribution is 5.00. The lowest BCUT2D eigenvalue weighted by molar-refractivity contribution is -0.0260. The summed E-state index contributed by atoms with van der Waals surface area (Å²) < 4.78 is 5.34. The number of aromatic amines is 1. The zero-order valence-electron chi connectivity index (χ0n) is 11.7. The zero-order valence-corrected chi connectivity index (χ0v) is 11.7. The van der Waals surface area contributed by atoms with Crippen LogP contribution in [0.15, 0.2) is 10.9 Å². The molecule has 20 heavy (non-hydrogen) atoms. The number of aryl methyl sites for hydroxylation is 1. The number of aliphatic hydroxyl groups is 1. The maximum absolute atomic E-state index is 11.3. The lowest BCUT2D eigenvalue weighted by atomic mass is 10.1. The van der Waals surface area contributed by atoms with Crippen molar-refractivity contribution in [3.05, 3.63) is 27.9 Å². The molecule has 1 saturated heterocycles. The van der Waals surface area contributed by atoms with Gasteiger partial charge in [-0.3, -0.25) is 4.79 Å². The van der Waals surface area contributed by atoms with Crippen LogP contribution in [0, 0.1) is 6.92 Å². The molecular formula is C13H22N4O3. The normalized spacial score (nSPS) is 23.5. The SMILES string of the molecule is Cc1cc(=O)[nH]c(CCNCC2(O)CNCCOC2)n1. The van der Waals surface area contributed by atoms with Crippen molar-refractivity contribution < 1.29 is 9.84 Å². The zero-order chi connectivity index (χ0) is 14.4. The lowest BCUT2D eigenvalue weighted by Gasteiger charge is -2.26. The molecule has 1 aliphatic rings. The second-order valence-electron chi connectivity index (χ2n) is 5.21. The molecule has 0 bridgehead atoms. The van der Waals surface area contributed by atoms with Gasteiger partial charge in [0.15, 0.2) is 0 Å². The molecule has 1 atom stereocenters. The van der Waals surface area contributed by atoms with E-state index in [1.807, 2.05) is 0 Å². The van der Waals surface area contributed by atoms with E-state index in [9.17, 15) is 9.90 Å². The van der Waals surface area contributed by atoms with E-state index in [0.29, 0.717) is 50.8 Å². The van der Waals surface area contributed by atoms with E-state index in [0.717, 1.165) is 6.54 Å². The van der Waals surface area contributed by atoms with Gasteiger partial charge in [-0.25, -0.2) is 4.98 Å². The lowest BCUT2D eigenvalue weighted by Crippen LogP contribution is -2.50. The van der Waals surface area contributed by atoms with Crippen molar-refractivity contribution >= 4 is 0 Å². The molecule has 7 nitrogen and oxygen atoms in total. The molecule has 0 radical (unpaired) electrons. The van der Waals surface area contributed by atoms with Gasteiger partial charge in [0.25, 0.3) is 5.56 Å². The van der Waals surface area contributed by atoms with Crippen molar-refractivity contribution in [3.8, 4) is 0 Å². The molecule has 7 heteroatoms. The Labute approximate surface area is 117 Å². The minimum atomic E-state index is -0.885. The van der Waals surface area contributed by atoms with Crippen LogP contribution in [0.2, 0.25) is 0 Å². The molecule has 1 fully saturated rings. The minimum absolute atomic E-state index is 0.132. The third-order valence-electron chi connectivity index (χ3n) is 3.16. The number of β-amino-alcohol motifs (C(OH)–C–C–N with tert-alkyl or cyclic N) is 1. The Kier molecular flexibility index (Phi) is 5.24. The van der Waals surface area contributed by atoms with E-state index in [1.54, 1.807) is 6.92 Å². The highest BCUT2D eigenvalue weighted by atomic mass is 16.5. The van der Waals surface area contributed by atoms with Crippen molar-refractivity contribution in [3.63, 3.8) is 0 Å². The Morgan fingerprint density at radius 2 is 2.45 bits per heavy atom. The van der Waals surface area contributed by atoms with Gasteiger partial charge in [-0.15, -0.1) is 0 Å². The Morgan fingerprint density at radius 1 is 1.60 bits per heavy atom. The van der Waals surface area contributed by atoms with Gasteiger partial charge in [0, 0.05) is 44.4 Å². The summed E-state index contributed by atoms with van der Waals surface area (Å²) in [6.07, 6.45) is 0.612. The second kappa shape index (κ2) is 6.94. The molecule has 0 saturated carbocycles. The average molecular weight is 282 g/mol. The molecule has 1 aromatic rings. The topological polar surface area (TPSA) is 99.3 Å². The van der Waals surface area contributed by atoms with Crippen LogP contribution in [0.5, 0.6) is 0 Å². The van der Waals surface area contributed by atoms with E-state index >= 15 is 0 Å². The van der Waals surface area contributed by atoms with Crippen molar-refractivity contribution in [2.24, 2.45) is 0 Å². The number of hydrogen-bond acceptors (Lipinski definition) is 6. The van der Waals surface area contributed by atoms with Crippen LogP contribution in [0.4, 0.5) is 0 Å². The summed E-state index contributed by atoms with van der Waals surface area (Å²) in [5.41, 5.74) is -0.305. The first-order valence-electron chi connectivity index (χ1n) is 6.86. The predicted octanol–water partition coefficient (Wildman–Crippen LogP) is -1.44. The molecule has 2 heterocycles. The summed E-state index contributed by atoms with van der Waals surface area (Å²) >= 11 is 0. The number of aromatic nitrogens is 2. The second-order valence-corrected chi connectivity index (χ2v) is 5.21. The van der Waals surface area contributed by atoms with Gasteiger partial charge in [0.2, 0.25) is 0 Å². The first-order valence-corrected chi connectivity index (χ1v) is 6.86. The van der Waals surface area contributed by atoms with Crippen LogP contribution < -0.4 is 16.2 Å². The number of rotatable bonds is 5. The summed E-state index contributed by atoms with van der Waals surface area (Å²) in [6, 6.07) is 1.47. The monoisotopic (exact) mass is 282 g/mol. The summed E-state index contributed by atoms with van der Waals surface area (Å²) in [6.45, 7) is 5.09. The van der Waals surface area contributed by atoms with Crippen LogP contribution in [-0.2, 0) is 11.2 Å². The third kappa shape index (κ3) is 4.68. The largest absolute Gasteiger partial charge is 0.385 e. The maximum atomic E-state index is 11.3. The van der Waals surface area contributed by atoms with Gasteiger partial charge in [0.05, 0.1) is 13.2 Å². The molecule has 0 aromatic carbocycles. The Balaban J connectivity index is 1.76. The molecule has 2 rings (SSSR count). The summed E-state index contributed by atoms with van der Waals surface area (Å²) in [5, 5.41) is 16.6. The fourth-order valence-electron chi connectivity index (χ4n) is 2.18. The number of ether oxygens (including phenoxy) is 1. The minimum Gasteiger partial charge on any atom is -0.385 e. The number of nitrogens with one attached hydrogen (secondary N) is 3. The molecule has 1 aromatic heterocycles. The maximum Gasteiger partial charge on any atom is 0.251 e. The third-order valence-corrected chi connectivity index (χ3v) is 3.16. The van der Waals surface area contributed by atoms with Crippen LogP contribution in [-0.4, -0.2) is 60.1 Å². The molecule has 0 aliphatic carbocycles. The first kappa shape index (κ1) is 15.1. The standard InChI is InChI=1S/C13H22N4O3/c1-10-6-12(18)17-11(16-10)2-3-14-7-13(19)8-15-4-5-20-9-13/h6,14-15,19H,2-5,7-9H2,1H3,(H,16,17,18). The van der Waals surface area contributed by atoms with E-state index in [-0.39, 0.29) is 5.56 Å². The Morgan fingerprint density at radius 3 is 3.25 bits per heavy atom. The van der Waals surface area contributed by atoms with Crippen LogP contribution >= 0.6 is 0 Å². The van der Waals surface area contributed by atoms with E-state index in [4.69, 9.17) is 4.74 Å². The Hall–Kier alpha value is -1.28. The van der Waals surface area contributed by atoms with E-state index in [2.05, 4.69) is 20.6 Å². The van der Waals surface area contributed by atoms with Gasteiger partial charge in [-0.2, -0.15) is 0 Å². The molecule has 4 N–H and O–H groups in total. The van der Waals surface area contributed by atoms with Crippen molar-refractivity contribution in [1.29, 1.82) is 0 Å².